The fourth-order valence-electron chi connectivity index (χ4n) is 1.82. The summed E-state index contributed by atoms with van der Waals surface area (Å²) in [5, 5.41) is 5.74. The molecule has 0 radical (unpaired) electrons. The highest BCUT2D eigenvalue weighted by Gasteiger charge is 2.12. The van der Waals surface area contributed by atoms with Gasteiger partial charge >= 0.3 is 0 Å². The van der Waals surface area contributed by atoms with Gasteiger partial charge in [0.2, 0.25) is 4.96 Å². The topological polar surface area (TPSA) is 47.3 Å². The first-order valence-corrected chi connectivity index (χ1v) is 7.11. The molecule has 0 saturated heterocycles. The van der Waals surface area contributed by atoms with E-state index in [1.807, 2.05) is 13.0 Å². The number of thiophene rings is 1. The molecule has 0 fully saturated rings. The Kier molecular flexibility index (Phi) is 2.48. The van der Waals surface area contributed by atoms with Crippen LogP contribution in [0.15, 0.2) is 10.9 Å². The molecule has 0 N–H and O–H groups in total. The van der Waals surface area contributed by atoms with Crippen LogP contribution in [0.5, 0.6) is 0 Å². The van der Waals surface area contributed by atoms with Gasteiger partial charge in [0.1, 0.15) is 9.84 Å². The van der Waals surface area contributed by atoms with Crippen molar-refractivity contribution in [1.29, 1.82) is 0 Å². The van der Waals surface area contributed by atoms with E-state index in [1.54, 1.807) is 11.3 Å². The minimum Gasteiger partial charge on any atom is -0.267 e. The van der Waals surface area contributed by atoms with E-state index in [2.05, 4.69) is 17.0 Å². The zero-order valence-corrected chi connectivity index (χ0v) is 11.2. The summed E-state index contributed by atoms with van der Waals surface area (Å²) in [6.45, 7) is 4.02. The second-order valence-electron chi connectivity index (χ2n) is 3.91. The first kappa shape index (κ1) is 10.9. The fourth-order valence-corrected chi connectivity index (χ4v) is 3.73. The average Bonchev–Trinajstić information content (AvgIpc) is 2.82. The van der Waals surface area contributed by atoms with Crippen molar-refractivity contribution in [1.82, 2.24) is 14.6 Å². The molecule has 6 heteroatoms. The molecule has 0 unspecified atom stereocenters. The van der Waals surface area contributed by atoms with E-state index in [0.29, 0.717) is 10.3 Å². The molecule has 0 bridgehead atoms. The van der Waals surface area contributed by atoms with E-state index in [0.717, 1.165) is 22.7 Å². The van der Waals surface area contributed by atoms with Crippen LogP contribution in [0.25, 0.3) is 15.2 Å². The summed E-state index contributed by atoms with van der Waals surface area (Å²) < 4.78 is 1.41. The third kappa shape index (κ3) is 1.68. The molecule has 0 aliphatic carbocycles. The van der Waals surface area contributed by atoms with Crippen LogP contribution in [0.2, 0.25) is 0 Å². The Bertz CT molecular complexity index is 753. The highest BCUT2D eigenvalue weighted by Crippen LogP contribution is 2.24. The lowest BCUT2D eigenvalue weighted by molar-refractivity contribution is 0.896. The molecule has 0 aliphatic heterocycles. The highest BCUT2D eigenvalue weighted by atomic mass is 32.1. The number of aryl methyl sites for hydroxylation is 2. The van der Waals surface area contributed by atoms with Gasteiger partial charge in [-0.2, -0.15) is 9.61 Å². The molecular weight excluding hydrogens is 254 g/mol. The van der Waals surface area contributed by atoms with Gasteiger partial charge in [0.15, 0.2) is 0 Å². The Labute approximate surface area is 106 Å². The van der Waals surface area contributed by atoms with Crippen molar-refractivity contribution in [3.05, 3.63) is 26.3 Å². The number of rotatable bonds is 2. The van der Waals surface area contributed by atoms with E-state index < -0.39 is 0 Å². The normalized spacial score (nSPS) is 11.6. The van der Waals surface area contributed by atoms with Gasteiger partial charge in [-0.15, -0.1) is 11.3 Å². The molecule has 0 atom stereocenters. The lowest BCUT2D eigenvalue weighted by Gasteiger charge is -1.89. The first-order chi connectivity index (χ1) is 8.19. The molecule has 3 aromatic rings. The monoisotopic (exact) mass is 265 g/mol. The Morgan fingerprint density at radius 3 is 3.00 bits per heavy atom. The van der Waals surface area contributed by atoms with Crippen LogP contribution in [0.3, 0.4) is 0 Å². The molecule has 3 aromatic heterocycles. The predicted octanol–water partition coefficient (Wildman–Crippen LogP) is 2.63. The maximum absolute atomic E-state index is 12.2. The van der Waals surface area contributed by atoms with Crippen molar-refractivity contribution in [3.8, 4) is 0 Å². The Hall–Kier alpha value is -1.27. The van der Waals surface area contributed by atoms with Gasteiger partial charge in [-0.3, -0.25) is 4.79 Å². The minimum absolute atomic E-state index is 0.0482. The third-order valence-electron chi connectivity index (χ3n) is 2.54. The van der Waals surface area contributed by atoms with Crippen LogP contribution < -0.4 is 5.56 Å². The number of nitrogens with zero attached hydrogens (tertiary/aromatic N) is 3. The van der Waals surface area contributed by atoms with Gasteiger partial charge in [0.05, 0.1) is 5.39 Å². The van der Waals surface area contributed by atoms with Crippen molar-refractivity contribution >= 4 is 37.9 Å². The van der Waals surface area contributed by atoms with Crippen molar-refractivity contribution in [2.75, 3.05) is 0 Å². The molecule has 0 aromatic carbocycles. The maximum atomic E-state index is 12.2. The van der Waals surface area contributed by atoms with Crippen LogP contribution >= 0.6 is 22.7 Å². The molecule has 0 saturated carbocycles. The summed E-state index contributed by atoms with van der Waals surface area (Å²) in [4.78, 5) is 19.4. The van der Waals surface area contributed by atoms with E-state index in [4.69, 9.17) is 0 Å². The molecule has 3 rings (SSSR count). The second kappa shape index (κ2) is 3.89. The molecule has 0 amide bonds. The lowest BCUT2D eigenvalue weighted by atomic mass is 10.2. The highest BCUT2D eigenvalue weighted by molar-refractivity contribution is 7.19. The number of hydrogen-bond donors (Lipinski definition) is 0. The number of hydrogen-bond acceptors (Lipinski definition) is 5. The summed E-state index contributed by atoms with van der Waals surface area (Å²) >= 11 is 3.07. The summed E-state index contributed by atoms with van der Waals surface area (Å²) in [6.07, 6.45) is 2.09. The van der Waals surface area contributed by atoms with Gasteiger partial charge in [-0.05, 0) is 19.4 Å². The summed E-state index contributed by atoms with van der Waals surface area (Å²) in [5.41, 5.74) is -0.0482. The molecule has 17 heavy (non-hydrogen) atoms. The zero-order valence-electron chi connectivity index (χ0n) is 9.56. The van der Waals surface area contributed by atoms with Crippen LogP contribution in [-0.2, 0) is 6.42 Å². The van der Waals surface area contributed by atoms with E-state index in [9.17, 15) is 4.79 Å². The van der Waals surface area contributed by atoms with E-state index in [-0.39, 0.29) is 5.56 Å². The van der Waals surface area contributed by atoms with E-state index >= 15 is 0 Å². The van der Waals surface area contributed by atoms with Crippen LogP contribution in [0.4, 0.5) is 0 Å². The standard InChI is InChI=1S/C11H11N3OS2/c1-3-4-7-5-8-9(17-7)12-11-14(10(8)15)13-6(2)16-11/h5H,3-4H2,1-2H3. The van der Waals surface area contributed by atoms with E-state index in [1.165, 1.54) is 20.7 Å². The summed E-state index contributed by atoms with van der Waals surface area (Å²) in [7, 11) is 0. The Morgan fingerprint density at radius 2 is 2.24 bits per heavy atom. The number of fused-ring (bicyclic) bond motifs is 2. The molecule has 3 heterocycles. The molecule has 88 valence electrons. The molecule has 4 nitrogen and oxygen atoms in total. The van der Waals surface area contributed by atoms with Crippen LogP contribution in [0.1, 0.15) is 23.2 Å². The van der Waals surface area contributed by atoms with Gasteiger partial charge in [0, 0.05) is 4.88 Å². The maximum Gasteiger partial charge on any atom is 0.283 e. The zero-order chi connectivity index (χ0) is 12.0. The Balaban J connectivity index is 2.36. The molecule has 0 spiro atoms. The van der Waals surface area contributed by atoms with Crippen molar-refractivity contribution in [2.45, 2.75) is 26.7 Å². The van der Waals surface area contributed by atoms with Crippen molar-refractivity contribution < 1.29 is 0 Å². The predicted molar refractivity (Wildman–Crippen MR) is 71.2 cm³/mol. The van der Waals surface area contributed by atoms with Gasteiger partial charge in [-0.25, -0.2) is 4.98 Å². The van der Waals surface area contributed by atoms with Crippen LogP contribution in [-0.4, -0.2) is 14.6 Å². The largest absolute Gasteiger partial charge is 0.283 e. The minimum atomic E-state index is -0.0482. The van der Waals surface area contributed by atoms with Crippen LogP contribution in [0, 0.1) is 6.92 Å². The first-order valence-electron chi connectivity index (χ1n) is 5.48. The number of aromatic nitrogens is 3. The Morgan fingerprint density at radius 1 is 1.41 bits per heavy atom. The van der Waals surface area contributed by atoms with Gasteiger partial charge in [-0.1, -0.05) is 24.7 Å². The third-order valence-corrected chi connectivity index (χ3v) is 4.45. The lowest BCUT2D eigenvalue weighted by Crippen LogP contribution is -2.14. The fraction of sp³-hybridized carbons (Fsp3) is 0.364. The second-order valence-corrected chi connectivity index (χ2v) is 6.19. The van der Waals surface area contributed by atoms with Crippen molar-refractivity contribution in [2.24, 2.45) is 0 Å². The molecular formula is C11H11N3OS2. The summed E-state index contributed by atoms with van der Waals surface area (Å²) in [5.74, 6) is 0. The smallest absolute Gasteiger partial charge is 0.267 e. The van der Waals surface area contributed by atoms with Crippen molar-refractivity contribution in [3.63, 3.8) is 0 Å². The quantitative estimate of drug-likeness (QED) is 0.715. The SMILES string of the molecule is CCCc1cc2c(=O)n3nc(C)sc3nc2s1. The van der Waals surface area contributed by atoms with Gasteiger partial charge < -0.3 is 0 Å². The summed E-state index contributed by atoms with van der Waals surface area (Å²) in [6, 6.07) is 1.96. The average molecular weight is 265 g/mol. The molecule has 0 aliphatic rings. The van der Waals surface area contributed by atoms with Gasteiger partial charge in [0.25, 0.3) is 5.56 Å².